The fraction of sp³-hybridized carbons (Fsp3) is 0.444. The Morgan fingerprint density at radius 2 is 1.66 bits per heavy atom. The van der Waals surface area contributed by atoms with Crippen molar-refractivity contribution in [2.24, 2.45) is 0 Å². The van der Waals surface area contributed by atoms with Crippen molar-refractivity contribution in [1.82, 2.24) is 14.8 Å². The van der Waals surface area contributed by atoms with Crippen LogP contribution in [-0.4, -0.2) is 68.3 Å². The van der Waals surface area contributed by atoms with Crippen LogP contribution in [0.15, 0.2) is 53.7 Å². The minimum atomic E-state index is -3.40. The molecule has 0 saturated heterocycles. The van der Waals surface area contributed by atoms with Crippen LogP contribution in [0.5, 0.6) is 17.2 Å². The lowest BCUT2D eigenvalue weighted by molar-refractivity contribution is 0.0914. The standard InChI is InChI=1S/C26H34N3O9PS.CH4/c1-6-35-39(31,36-7-2)18-29-17-27-26(28-29)15-25(30)20-12-22(37-19(3)16-34-4)14-23(13-20)38-21-8-10-24(11-9-21)40(5,32)33;/h8-14,17,19H,6-7,15-16,18H2,1-5H3;1H4/t19-;/m0./s1. The second-order valence-electron chi connectivity index (χ2n) is 8.81. The Morgan fingerprint density at radius 3 is 2.24 bits per heavy atom. The molecular weight excluding hydrogens is 573 g/mol. The lowest BCUT2D eigenvalue weighted by Crippen LogP contribution is -2.18. The highest BCUT2D eigenvalue weighted by Gasteiger charge is 2.25. The van der Waals surface area contributed by atoms with E-state index in [0.29, 0.717) is 23.9 Å². The number of aromatic nitrogens is 3. The fourth-order valence-corrected chi connectivity index (χ4v) is 5.82. The molecule has 2 aromatic carbocycles. The van der Waals surface area contributed by atoms with E-state index in [0.717, 1.165) is 6.26 Å². The van der Waals surface area contributed by atoms with Crippen LogP contribution in [0.25, 0.3) is 0 Å². The SMILES string of the molecule is C.CCOP(=O)(Cn1cnc(CC(=O)c2cc(Oc3ccc(S(C)(=O)=O)cc3)cc(O[C@@H](C)COC)c2)n1)OCC. The van der Waals surface area contributed by atoms with Crippen LogP contribution in [0, 0.1) is 0 Å². The Morgan fingerprint density at radius 1 is 1.02 bits per heavy atom. The molecule has 3 rings (SSSR count). The van der Waals surface area contributed by atoms with Gasteiger partial charge in [0.15, 0.2) is 21.4 Å². The first-order chi connectivity index (χ1) is 18.9. The molecule has 14 heteroatoms. The van der Waals surface area contributed by atoms with Crippen molar-refractivity contribution in [1.29, 1.82) is 0 Å². The summed E-state index contributed by atoms with van der Waals surface area (Å²) in [5.41, 5.74) is 0.288. The van der Waals surface area contributed by atoms with E-state index in [1.807, 2.05) is 6.92 Å². The molecule has 1 atom stereocenters. The Kier molecular flexibility index (Phi) is 12.7. The Balaban J connectivity index is 0.00000588. The summed E-state index contributed by atoms with van der Waals surface area (Å²) in [5, 5.41) is 4.26. The molecule has 0 amide bonds. The summed E-state index contributed by atoms with van der Waals surface area (Å²) >= 11 is 0. The highest BCUT2D eigenvalue weighted by atomic mass is 32.2. The fourth-order valence-electron chi connectivity index (χ4n) is 3.67. The van der Waals surface area contributed by atoms with Crippen LogP contribution < -0.4 is 9.47 Å². The van der Waals surface area contributed by atoms with Gasteiger partial charge in [-0.2, -0.15) is 5.10 Å². The van der Waals surface area contributed by atoms with E-state index in [9.17, 15) is 17.8 Å². The molecule has 0 aliphatic rings. The van der Waals surface area contributed by atoms with E-state index >= 15 is 0 Å². The summed E-state index contributed by atoms with van der Waals surface area (Å²) in [6.07, 6.45) is 1.92. The third kappa shape index (κ3) is 10.4. The number of ketones is 1. The van der Waals surface area contributed by atoms with Crippen molar-refractivity contribution < 1.29 is 41.0 Å². The first kappa shape index (κ1) is 34.1. The van der Waals surface area contributed by atoms with Gasteiger partial charge < -0.3 is 23.3 Å². The average Bonchev–Trinajstić information content (AvgIpc) is 3.30. The van der Waals surface area contributed by atoms with Crippen LogP contribution in [0.1, 0.15) is 44.4 Å². The van der Waals surface area contributed by atoms with Crippen molar-refractivity contribution in [3.63, 3.8) is 0 Å². The van der Waals surface area contributed by atoms with E-state index in [1.54, 1.807) is 39.2 Å². The highest BCUT2D eigenvalue weighted by Crippen LogP contribution is 2.49. The lowest BCUT2D eigenvalue weighted by Gasteiger charge is -2.16. The topological polar surface area (TPSA) is 145 Å². The van der Waals surface area contributed by atoms with Gasteiger partial charge in [0, 0.05) is 25.0 Å². The first-order valence-electron chi connectivity index (χ1n) is 12.5. The number of Topliss-reactive ketones (excluding diaryl/α,β-unsaturated/α-hetero) is 1. The average molecular weight is 612 g/mol. The lowest BCUT2D eigenvalue weighted by atomic mass is 10.1. The van der Waals surface area contributed by atoms with Crippen LogP contribution in [0.2, 0.25) is 0 Å². The van der Waals surface area contributed by atoms with Crippen molar-refractivity contribution in [2.45, 2.75) is 51.9 Å². The van der Waals surface area contributed by atoms with Crippen LogP contribution >= 0.6 is 7.60 Å². The second kappa shape index (κ2) is 15.2. The molecule has 0 saturated carbocycles. The molecule has 0 fully saturated rings. The predicted octanol–water partition coefficient (Wildman–Crippen LogP) is 5.17. The number of carbonyl (C=O) groups excluding carboxylic acids is 1. The minimum absolute atomic E-state index is 0. The highest BCUT2D eigenvalue weighted by molar-refractivity contribution is 7.90. The minimum Gasteiger partial charge on any atom is -0.488 e. The van der Waals surface area contributed by atoms with Crippen molar-refractivity contribution in [3.8, 4) is 17.2 Å². The van der Waals surface area contributed by atoms with Gasteiger partial charge >= 0.3 is 7.60 Å². The number of hydrogen-bond donors (Lipinski definition) is 0. The van der Waals surface area contributed by atoms with Gasteiger partial charge in [-0.25, -0.2) is 18.1 Å². The Labute approximate surface area is 241 Å². The van der Waals surface area contributed by atoms with Gasteiger partial charge in [-0.05, 0) is 57.2 Å². The quantitative estimate of drug-likeness (QED) is 0.156. The predicted molar refractivity (Wildman–Crippen MR) is 154 cm³/mol. The number of methoxy groups -OCH3 is 1. The smallest absolute Gasteiger partial charge is 0.351 e. The number of carbonyl (C=O) groups is 1. The first-order valence-corrected chi connectivity index (χ1v) is 16.1. The second-order valence-corrected chi connectivity index (χ2v) is 12.8. The molecule has 0 radical (unpaired) electrons. The van der Waals surface area contributed by atoms with E-state index < -0.39 is 17.4 Å². The van der Waals surface area contributed by atoms with Gasteiger partial charge in [0.05, 0.1) is 31.1 Å². The molecule has 3 aromatic rings. The van der Waals surface area contributed by atoms with E-state index in [2.05, 4.69) is 10.1 Å². The van der Waals surface area contributed by atoms with E-state index in [-0.39, 0.29) is 61.5 Å². The zero-order valence-corrected chi connectivity index (χ0v) is 24.8. The van der Waals surface area contributed by atoms with Gasteiger partial charge in [0.25, 0.3) is 0 Å². The largest absolute Gasteiger partial charge is 0.488 e. The van der Waals surface area contributed by atoms with Gasteiger partial charge in [-0.3, -0.25) is 9.36 Å². The Hall–Kier alpha value is -3.09. The number of ether oxygens (including phenoxy) is 3. The van der Waals surface area contributed by atoms with Gasteiger partial charge in [-0.15, -0.1) is 0 Å². The summed E-state index contributed by atoms with van der Waals surface area (Å²) in [4.78, 5) is 17.6. The number of nitrogens with zero attached hydrogens (tertiary/aromatic N) is 3. The monoisotopic (exact) mass is 611 g/mol. The van der Waals surface area contributed by atoms with Crippen molar-refractivity contribution in [3.05, 3.63) is 60.2 Å². The number of rotatable bonds is 16. The summed E-state index contributed by atoms with van der Waals surface area (Å²) in [7, 11) is -5.20. The van der Waals surface area contributed by atoms with Crippen molar-refractivity contribution in [2.75, 3.05) is 33.2 Å². The van der Waals surface area contributed by atoms with Crippen LogP contribution in [0.4, 0.5) is 0 Å². The molecule has 1 aromatic heterocycles. The van der Waals surface area contributed by atoms with E-state index in [1.165, 1.54) is 35.3 Å². The molecule has 0 spiro atoms. The maximum atomic E-state index is 13.2. The maximum Gasteiger partial charge on any atom is 0.351 e. The number of sulfone groups is 1. The number of hydrogen-bond acceptors (Lipinski definition) is 11. The third-order valence-corrected chi connectivity index (χ3v) is 8.37. The Bertz CT molecular complexity index is 1430. The summed E-state index contributed by atoms with van der Waals surface area (Å²) in [6.45, 7) is 6.01. The molecule has 0 bridgehead atoms. The molecule has 41 heavy (non-hydrogen) atoms. The molecule has 0 aliphatic carbocycles. The third-order valence-electron chi connectivity index (χ3n) is 5.30. The molecule has 12 nitrogen and oxygen atoms in total. The normalized spacial score (nSPS) is 12.4. The molecule has 0 aliphatic heterocycles. The zero-order valence-electron chi connectivity index (χ0n) is 23.1. The van der Waals surface area contributed by atoms with Gasteiger partial charge in [-0.1, -0.05) is 7.43 Å². The van der Waals surface area contributed by atoms with Crippen LogP contribution in [-0.2, 0) is 40.9 Å². The molecule has 1 heterocycles. The molecule has 0 unspecified atom stereocenters. The summed E-state index contributed by atoms with van der Waals surface area (Å²) in [6, 6.07) is 10.7. The van der Waals surface area contributed by atoms with Gasteiger partial charge in [0.1, 0.15) is 36.0 Å². The van der Waals surface area contributed by atoms with Crippen LogP contribution in [0.3, 0.4) is 0 Å². The summed E-state index contributed by atoms with van der Waals surface area (Å²) < 4.78 is 65.2. The zero-order chi connectivity index (χ0) is 29.3. The molecule has 0 N–H and O–H groups in total. The van der Waals surface area contributed by atoms with E-state index in [4.69, 9.17) is 23.3 Å². The molecule has 226 valence electrons. The molecular formula is C27H38N3O9PS. The van der Waals surface area contributed by atoms with Gasteiger partial charge in [0.2, 0.25) is 0 Å². The summed E-state index contributed by atoms with van der Waals surface area (Å²) in [5.74, 6) is 0.984. The van der Waals surface area contributed by atoms with Crippen molar-refractivity contribution >= 4 is 23.2 Å². The number of benzene rings is 2. The maximum absolute atomic E-state index is 13.2.